The molecule has 1 N–H and O–H groups in total. The van der Waals surface area contributed by atoms with Gasteiger partial charge >= 0.3 is 6.18 Å². The fourth-order valence-electron chi connectivity index (χ4n) is 3.25. The molecule has 0 bridgehead atoms. The molecule has 0 atom stereocenters. The minimum Gasteiger partial charge on any atom is -0.314 e. The second-order valence-electron chi connectivity index (χ2n) is 6.56. The molecule has 0 unspecified atom stereocenters. The van der Waals surface area contributed by atoms with Crippen molar-refractivity contribution in [1.82, 2.24) is 19.8 Å². The summed E-state index contributed by atoms with van der Waals surface area (Å²) < 4.78 is 41.8. The predicted octanol–water partition coefficient (Wildman–Crippen LogP) is 4.11. The van der Waals surface area contributed by atoms with E-state index in [2.05, 4.69) is 15.2 Å². The van der Waals surface area contributed by atoms with Crippen molar-refractivity contribution in [2.75, 3.05) is 7.05 Å². The van der Waals surface area contributed by atoms with E-state index in [0.29, 0.717) is 33.5 Å². The van der Waals surface area contributed by atoms with Crippen molar-refractivity contribution in [2.45, 2.75) is 19.3 Å². The molecule has 2 aromatic carbocycles. The van der Waals surface area contributed by atoms with E-state index < -0.39 is 11.7 Å². The molecule has 0 fully saturated rings. The van der Waals surface area contributed by atoms with Crippen molar-refractivity contribution in [1.29, 1.82) is 0 Å². The Balaban J connectivity index is 1.98. The Labute approximate surface area is 168 Å². The molecule has 0 amide bonds. The number of rotatable bonds is 3. The SMILES string of the molecule is CN(O)Cc1nnc2n1-c1cc(C(F)(F)F)ccc1C(c1ccccc1Cl)=NC2. The van der Waals surface area contributed by atoms with Gasteiger partial charge in [-0.25, -0.2) is 0 Å². The predicted molar refractivity (Wildman–Crippen MR) is 100 cm³/mol. The van der Waals surface area contributed by atoms with E-state index in [-0.39, 0.29) is 18.8 Å². The van der Waals surface area contributed by atoms with Crippen molar-refractivity contribution >= 4 is 17.3 Å². The van der Waals surface area contributed by atoms with E-state index in [1.54, 1.807) is 24.3 Å². The molecule has 150 valence electrons. The van der Waals surface area contributed by atoms with Crippen molar-refractivity contribution in [3.63, 3.8) is 0 Å². The summed E-state index contributed by atoms with van der Waals surface area (Å²) in [6.07, 6.45) is -4.52. The summed E-state index contributed by atoms with van der Waals surface area (Å²) in [6.45, 7) is 0.0723. The van der Waals surface area contributed by atoms with E-state index in [9.17, 15) is 18.4 Å². The number of aromatic nitrogens is 3. The van der Waals surface area contributed by atoms with E-state index in [0.717, 1.165) is 17.2 Å². The molecule has 0 spiro atoms. The van der Waals surface area contributed by atoms with Gasteiger partial charge in [-0.05, 0) is 18.2 Å². The highest BCUT2D eigenvalue weighted by Gasteiger charge is 2.33. The third-order valence-electron chi connectivity index (χ3n) is 4.50. The Morgan fingerprint density at radius 2 is 1.90 bits per heavy atom. The van der Waals surface area contributed by atoms with Gasteiger partial charge in [0.1, 0.15) is 6.54 Å². The van der Waals surface area contributed by atoms with Gasteiger partial charge in [-0.15, -0.1) is 10.2 Å². The Morgan fingerprint density at radius 1 is 1.14 bits per heavy atom. The van der Waals surface area contributed by atoms with Crippen LogP contribution in [0.1, 0.15) is 28.3 Å². The van der Waals surface area contributed by atoms with Crippen molar-refractivity contribution in [3.8, 4) is 5.69 Å². The van der Waals surface area contributed by atoms with E-state index in [4.69, 9.17) is 11.6 Å². The molecule has 0 saturated carbocycles. The maximum absolute atomic E-state index is 13.4. The minimum absolute atomic E-state index is 0.0237. The number of hydrogen-bond acceptors (Lipinski definition) is 5. The second kappa shape index (κ2) is 7.25. The highest BCUT2D eigenvalue weighted by atomic mass is 35.5. The average Bonchev–Trinajstić information content (AvgIpc) is 2.96. The van der Waals surface area contributed by atoms with Crippen LogP contribution in [0.15, 0.2) is 47.5 Å². The standard InChI is InChI=1S/C19H15ClF3N5O/c1-27(29)10-17-26-25-16-9-24-18(12-4-2-3-5-14(12)20)13-7-6-11(19(21,22)23)8-15(13)28(16)17/h2-8,29H,9-10H2,1H3. The van der Waals surface area contributed by atoms with Crippen molar-refractivity contribution in [2.24, 2.45) is 4.99 Å². The topological polar surface area (TPSA) is 66.5 Å². The van der Waals surface area contributed by atoms with Gasteiger partial charge in [0.25, 0.3) is 0 Å². The summed E-state index contributed by atoms with van der Waals surface area (Å²) in [4.78, 5) is 4.57. The Bertz CT molecular complexity index is 1110. The van der Waals surface area contributed by atoms with Crippen LogP contribution in [0.25, 0.3) is 5.69 Å². The van der Waals surface area contributed by atoms with Crippen LogP contribution in [-0.2, 0) is 19.3 Å². The highest BCUT2D eigenvalue weighted by Crippen LogP contribution is 2.35. The molecule has 29 heavy (non-hydrogen) atoms. The normalized spacial score (nSPS) is 13.7. The number of fused-ring (bicyclic) bond motifs is 3. The van der Waals surface area contributed by atoms with E-state index >= 15 is 0 Å². The zero-order chi connectivity index (χ0) is 20.8. The maximum atomic E-state index is 13.4. The summed E-state index contributed by atoms with van der Waals surface area (Å²) in [5.74, 6) is 0.658. The monoisotopic (exact) mass is 421 g/mol. The molecule has 4 rings (SSSR count). The van der Waals surface area contributed by atoms with Gasteiger partial charge in [0.2, 0.25) is 0 Å². The number of hydrogen-bond donors (Lipinski definition) is 1. The van der Waals surface area contributed by atoms with Crippen molar-refractivity contribution < 1.29 is 18.4 Å². The zero-order valence-electron chi connectivity index (χ0n) is 15.2. The third kappa shape index (κ3) is 3.64. The molecule has 6 nitrogen and oxygen atoms in total. The van der Waals surface area contributed by atoms with Gasteiger partial charge in [0.05, 0.1) is 23.5 Å². The van der Waals surface area contributed by atoms with Crippen LogP contribution < -0.4 is 0 Å². The molecule has 0 saturated heterocycles. The van der Waals surface area contributed by atoms with Crippen LogP contribution in [0.3, 0.4) is 0 Å². The second-order valence-corrected chi connectivity index (χ2v) is 6.97. The Kier molecular flexibility index (Phi) is 4.89. The lowest BCUT2D eigenvalue weighted by Crippen LogP contribution is -2.18. The number of halogens is 4. The molecular weight excluding hydrogens is 407 g/mol. The lowest BCUT2D eigenvalue weighted by molar-refractivity contribution is -0.137. The summed E-state index contributed by atoms with van der Waals surface area (Å²) in [5, 5.41) is 19.0. The number of aliphatic imine (C=N–C) groups is 1. The van der Waals surface area contributed by atoms with Crippen LogP contribution in [0.2, 0.25) is 5.02 Å². The van der Waals surface area contributed by atoms with Crippen LogP contribution in [0, 0.1) is 0 Å². The lowest BCUT2D eigenvalue weighted by Gasteiger charge is -2.17. The van der Waals surface area contributed by atoms with Gasteiger partial charge in [0.15, 0.2) is 11.6 Å². The molecule has 1 aromatic heterocycles. The molecule has 3 aromatic rings. The van der Waals surface area contributed by atoms with E-state index in [1.165, 1.54) is 17.7 Å². The van der Waals surface area contributed by atoms with Crippen LogP contribution >= 0.6 is 11.6 Å². The molecule has 2 heterocycles. The first-order valence-electron chi connectivity index (χ1n) is 8.60. The first kappa shape index (κ1) is 19.6. The molecule has 10 heteroatoms. The van der Waals surface area contributed by atoms with Gasteiger partial charge < -0.3 is 5.21 Å². The first-order chi connectivity index (χ1) is 13.8. The smallest absolute Gasteiger partial charge is 0.314 e. The molecule has 1 aliphatic rings. The number of benzene rings is 2. The number of hydroxylamine groups is 2. The molecule has 0 aliphatic carbocycles. The van der Waals surface area contributed by atoms with Crippen LogP contribution in [0.4, 0.5) is 13.2 Å². The highest BCUT2D eigenvalue weighted by molar-refractivity contribution is 6.35. The van der Waals surface area contributed by atoms with Gasteiger partial charge in [-0.2, -0.15) is 18.2 Å². The number of alkyl halides is 3. The van der Waals surface area contributed by atoms with Gasteiger partial charge in [-0.3, -0.25) is 9.56 Å². The lowest BCUT2D eigenvalue weighted by atomic mass is 9.98. The molecular formula is C19H15ClF3N5O. The first-order valence-corrected chi connectivity index (χ1v) is 8.98. The van der Waals surface area contributed by atoms with Crippen LogP contribution in [-0.4, -0.2) is 37.8 Å². The Hall–Kier alpha value is -2.75. The quantitative estimate of drug-likeness (QED) is 0.646. The maximum Gasteiger partial charge on any atom is 0.416 e. The third-order valence-corrected chi connectivity index (χ3v) is 4.83. The van der Waals surface area contributed by atoms with Crippen LogP contribution in [0.5, 0.6) is 0 Å². The summed E-state index contributed by atoms with van der Waals surface area (Å²) >= 11 is 6.33. The summed E-state index contributed by atoms with van der Waals surface area (Å²) in [6, 6.07) is 10.4. The zero-order valence-corrected chi connectivity index (χ0v) is 15.9. The summed E-state index contributed by atoms with van der Waals surface area (Å²) in [7, 11) is 1.41. The largest absolute Gasteiger partial charge is 0.416 e. The average molecular weight is 422 g/mol. The van der Waals surface area contributed by atoms with Gasteiger partial charge in [-0.1, -0.05) is 35.9 Å². The molecule has 0 radical (unpaired) electrons. The molecule has 1 aliphatic heterocycles. The van der Waals surface area contributed by atoms with Gasteiger partial charge in [0, 0.05) is 23.2 Å². The summed E-state index contributed by atoms with van der Waals surface area (Å²) in [5.41, 5.74) is 0.960. The van der Waals surface area contributed by atoms with Crippen molar-refractivity contribution in [3.05, 3.63) is 75.8 Å². The fourth-order valence-corrected chi connectivity index (χ4v) is 3.48. The minimum atomic E-state index is -4.52. The number of nitrogens with zero attached hydrogens (tertiary/aromatic N) is 5. The fraction of sp³-hybridized carbons (Fsp3) is 0.211. The Morgan fingerprint density at radius 3 is 2.59 bits per heavy atom. The van der Waals surface area contributed by atoms with E-state index in [1.807, 2.05) is 0 Å².